The van der Waals surface area contributed by atoms with Crippen molar-refractivity contribution in [1.82, 2.24) is 19.4 Å². The molecule has 0 saturated carbocycles. The average Bonchev–Trinajstić information content (AvgIpc) is 3.07. The molecular weight excluding hydrogens is 324 g/mol. The Kier molecular flexibility index (Phi) is 3.29. The highest BCUT2D eigenvalue weighted by Gasteiger charge is 2.12. The summed E-state index contributed by atoms with van der Waals surface area (Å²) in [6, 6.07) is 9.99. The van der Waals surface area contributed by atoms with Gasteiger partial charge in [0.05, 0.1) is 16.0 Å². The van der Waals surface area contributed by atoms with E-state index in [1.807, 2.05) is 30.5 Å². The fourth-order valence-corrected chi connectivity index (χ4v) is 4.24. The molecule has 0 amide bonds. The molecule has 1 aromatic carbocycles. The number of fused-ring (bicyclic) bond motifs is 2. The molecule has 0 N–H and O–H groups in total. The third kappa shape index (κ3) is 2.39. The van der Waals surface area contributed by atoms with E-state index in [0.717, 1.165) is 21.3 Å². The first-order valence-corrected chi connectivity index (χ1v) is 8.45. The summed E-state index contributed by atoms with van der Waals surface area (Å²) in [5.74, 6) is 1.37. The maximum absolute atomic E-state index is 6.32. The van der Waals surface area contributed by atoms with Gasteiger partial charge in [-0.15, -0.1) is 11.3 Å². The zero-order valence-corrected chi connectivity index (χ0v) is 13.1. The molecule has 0 spiro atoms. The second-order valence-electron chi connectivity index (χ2n) is 4.36. The van der Waals surface area contributed by atoms with Crippen molar-refractivity contribution in [3.05, 3.63) is 52.9 Å². The molecule has 0 aliphatic heterocycles. The van der Waals surface area contributed by atoms with E-state index in [1.165, 1.54) is 4.70 Å². The van der Waals surface area contributed by atoms with Gasteiger partial charge in [-0.3, -0.25) is 4.40 Å². The number of thioether (sulfide) groups is 1. The number of imidazole rings is 1. The van der Waals surface area contributed by atoms with Crippen LogP contribution in [0.2, 0.25) is 5.15 Å². The van der Waals surface area contributed by atoms with Gasteiger partial charge in [0.15, 0.2) is 0 Å². The molecule has 0 bridgehead atoms. The van der Waals surface area contributed by atoms with E-state index in [0.29, 0.717) is 10.9 Å². The number of thiazole rings is 1. The second-order valence-corrected chi connectivity index (χ2v) is 6.80. The molecule has 0 aliphatic rings. The number of aromatic nitrogens is 4. The average molecular weight is 333 g/mol. The molecule has 21 heavy (non-hydrogen) atoms. The Morgan fingerprint density at radius 3 is 2.95 bits per heavy atom. The van der Waals surface area contributed by atoms with Crippen LogP contribution in [-0.4, -0.2) is 19.4 Å². The quantitative estimate of drug-likeness (QED) is 0.525. The van der Waals surface area contributed by atoms with Crippen LogP contribution in [0, 0.1) is 0 Å². The topological polar surface area (TPSA) is 43.1 Å². The highest BCUT2D eigenvalue weighted by Crippen LogP contribution is 2.32. The molecule has 0 radical (unpaired) electrons. The normalized spacial score (nSPS) is 11.5. The van der Waals surface area contributed by atoms with Gasteiger partial charge in [-0.1, -0.05) is 35.5 Å². The maximum Gasteiger partial charge on any atom is 0.236 e. The predicted molar refractivity (Wildman–Crippen MR) is 87.2 cm³/mol. The SMILES string of the molecule is Clc1c(SCc2nc3ccccc3s2)nc2ncccn12. The molecule has 3 aromatic heterocycles. The van der Waals surface area contributed by atoms with Crippen molar-refractivity contribution in [1.29, 1.82) is 0 Å². The van der Waals surface area contributed by atoms with Crippen LogP contribution in [0.25, 0.3) is 16.0 Å². The van der Waals surface area contributed by atoms with Crippen molar-refractivity contribution < 1.29 is 0 Å². The van der Waals surface area contributed by atoms with Crippen LogP contribution in [-0.2, 0) is 5.75 Å². The first kappa shape index (κ1) is 13.1. The maximum atomic E-state index is 6.32. The summed E-state index contributed by atoms with van der Waals surface area (Å²) in [6.45, 7) is 0. The number of hydrogen-bond acceptors (Lipinski definition) is 5. The van der Waals surface area contributed by atoms with Gasteiger partial charge in [-0.25, -0.2) is 15.0 Å². The van der Waals surface area contributed by atoms with Crippen LogP contribution < -0.4 is 0 Å². The van der Waals surface area contributed by atoms with E-state index in [-0.39, 0.29) is 0 Å². The molecule has 7 heteroatoms. The number of benzene rings is 1. The van der Waals surface area contributed by atoms with Gasteiger partial charge in [0.1, 0.15) is 15.2 Å². The van der Waals surface area contributed by atoms with E-state index in [4.69, 9.17) is 11.6 Å². The summed E-state index contributed by atoms with van der Waals surface area (Å²) in [5.41, 5.74) is 1.04. The molecule has 104 valence electrons. The number of halogens is 1. The Morgan fingerprint density at radius 1 is 1.19 bits per heavy atom. The lowest BCUT2D eigenvalue weighted by atomic mass is 10.3. The van der Waals surface area contributed by atoms with Crippen LogP contribution in [0.3, 0.4) is 0 Å². The van der Waals surface area contributed by atoms with Gasteiger partial charge in [-0.2, -0.15) is 0 Å². The number of hydrogen-bond donors (Lipinski definition) is 0. The fourth-order valence-electron chi connectivity index (χ4n) is 2.04. The zero-order chi connectivity index (χ0) is 14.2. The Balaban J connectivity index is 1.61. The largest absolute Gasteiger partial charge is 0.273 e. The van der Waals surface area contributed by atoms with Crippen molar-refractivity contribution in [2.75, 3.05) is 0 Å². The molecule has 4 aromatic rings. The minimum Gasteiger partial charge on any atom is -0.273 e. The van der Waals surface area contributed by atoms with E-state index in [1.54, 1.807) is 33.7 Å². The van der Waals surface area contributed by atoms with Crippen molar-refractivity contribution in [3.63, 3.8) is 0 Å². The van der Waals surface area contributed by atoms with Crippen molar-refractivity contribution >= 4 is 50.7 Å². The van der Waals surface area contributed by atoms with Crippen LogP contribution in [0.15, 0.2) is 47.8 Å². The molecule has 4 nitrogen and oxygen atoms in total. The molecule has 0 aliphatic carbocycles. The minimum absolute atomic E-state index is 0.601. The van der Waals surface area contributed by atoms with E-state index < -0.39 is 0 Å². The first-order chi connectivity index (χ1) is 10.3. The lowest BCUT2D eigenvalue weighted by Gasteiger charge is -1.95. The summed E-state index contributed by atoms with van der Waals surface area (Å²) >= 11 is 9.61. The molecule has 0 saturated heterocycles. The number of nitrogens with zero attached hydrogens (tertiary/aromatic N) is 4. The standard InChI is InChI=1S/C14H9ClN4S2/c15-12-13(18-14-16-6-3-7-19(12)14)20-8-11-17-9-4-1-2-5-10(9)21-11/h1-7H,8H2. The lowest BCUT2D eigenvalue weighted by Crippen LogP contribution is -1.84. The molecule has 0 atom stereocenters. The first-order valence-electron chi connectivity index (χ1n) is 6.27. The van der Waals surface area contributed by atoms with Gasteiger partial charge in [-0.05, 0) is 18.2 Å². The molecule has 0 unspecified atom stereocenters. The number of para-hydroxylation sites is 1. The Morgan fingerprint density at radius 2 is 2.10 bits per heavy atom. The van der Waals surface area contributed by atoms with Crippen LogP contribution in [0.5, 0.6) is 0 Å². The summed E-state index contributed by atoms with van der Waals surface area (Å²) < 4.78 is 2.98. The fraction of sp³-hybridized carbons (Fsp3) is 0.0714. The third-order valence-corrected chi connectivity index (χ3v) is 5.65. The monoisotopic (exact) mass is 332 g/mol. The van der Waals surface area contributed by atoms with Crippen LogP contribution >= 0.6 is 34.7 Å². The summed E-state index contributed by atoms with van der Waals surface area (Å²) in [5, 5.41) is 2.46. The van der Waals surface area contributed by atoms with Gasteiger partial charge in [0, 0.05) is 12.4 Å². The zero-order valence-electron chi connectivity index (χ0n) is 10.7. The molecular formula is C14H9ClN4S2. The summed E-state index contributed by atoms with van der Waals surface area (Å²) in [7, 11) is 0. The van der Waals surface area contributed by atoms with E-state index in [2.05, 4.69) is 21.0 Å². The van der Waals surface area contributed by atoms with Crippen LogP contribution in [0.1, 0.15) is 5.01 Å². The van der Waals surface area contributed by atoms with Gasteiger partial charge >= 0.3 is 0 Å². The highest BCUT2D eigenvalue weighted by molar-refractivity contribution is 7.98. The summed E-state index contributed by atoms with van der Waals surface area (Å²) in [6.07, 6.45) is 3.57. The van der Waals surface area contributed by atoms with Crippen molar-refractivity contribution in [2.24, 2.45) is 0 Å². The lowest BCUT2D eigenvalue weighted by molar-refractivity contribution is 1.11. The molecule has 3 heterocycles. The van der Waals surface area contributed by atoms with Gasteiger partial charge < -0.3 is 0 Å². The van der Waals surface area contributed by atoms with E-state index >= 15 is 0 Å². The van der Waals surface area contributed by atoms with Gasteiger partial charge in [0.2, 0.25) is 5.78 Å². The summed E-state index contributed by atoms with van der Waals surface area (Å²) in [4.78, 5) is 13.3. The Labute approximate surface area is 133 Å². The van der Waals surface area contributed by atoms with Crippen LogP contribution in [0.4, 0.5) is 0 Å². The second kappa shape index (κ2) is 5.29. The Bertz CT molecular complexity index is 898. The molecule has 4 rings (SSSR count). The van der Waals surface area contributed by atoms with E-state index in [9.17, 15) is 0 Å². The van der Waals surface area contributed by atoms with Gasteiger partial charge in [0.25, 0.3) is 0 Å². The smallest absolute Gasteiger partial charge is 0.236 e. The highest BCUT2D eigenvalue weighted by atomic mass is 35.5. The minimum atomic E-state index is 0.601. The predicted octanol–water partition coefficient (Wildman–Crippen LogP) is 4.28. The van der Waals surface area contributed by atoms with Crippen molar-refractivity contribution in [2.45, 2.75) is 10.8 Å². The third-order valence-electron chi connectivity index (χ3n) is 2.99. The molecule has 0 fully saturated rings. The Hall–Kier alpha value is -1.63. The van der Waals surface area contributed by atoms with Crippen molar-refractivity contribution in [3.8, 4) is 0 Å². The number of rotatable bonds is 3.